The molecule has 1 unspecified atom stereocenters. The van der Waals surface area contributed by atoms with Crippen LogP contribution in [0.5, 0.6) is 0 Å². The average Bonchev–Trinajstić information content (AvgIpc) is 2.26. The molecule has 1 rings (SSSR count). The fourth-order valence-electron chi connectivity index (χ4n) is 1.47. The van der Waals surface area contributed by atoms with Gasteiger partial charge in [-0.15, -0.1) is 0 Å². The van der Waals surface area contributed by atoms with Crippen LogP contribution in [0.15, 0.2) is 6.07 Å². The van der Waals surface area contributed by atoms with E-state index >= 15 is 0 Å². The van der Waals surface area contributed by atoms with Gasteiger partial charge in [-0.05, 0) is 27.7 Å². The molecule has 0 saturated carbocycles. The standard InChI is InChI=1S/C12H22N4O/c1-5-13-12-15-9(3)7-11(16-12)14-10(4)8-17-6-2/h7,10H,5-6,8H2,1-4H3,(H2,13,14,15,16). The first kappa shape index (κ1) is 13.7. The van der Waals surface area contributed by atoms with E-state index in [4.69, 9.17) is 4.74 Å². The van der Waals surface area contributed by atoms with Crippen molar-refractivity contribution in [3.05, 3.63) is 11.8 Å². The summed E-state index contributed by atoms with van der Waals surface area (Å²) < 4.78 is 5.35. The molecule has 96 valence electrons. The van der Waals surface area contributed by atoms with Crippen LogP contribution in [0.1, 0.15) is 26.5 Å². The van der Waals surface area contributed by atoms with Crippen molar-refractivity contribution in [3.63, 3.8) is 0 Å². The zero-order chi connectivity index (χ0) is 12.7. The summed E-state index contributed by atoms with van der Waals surface area (Å²) >= 11 is 0. The molecule has 0 amide bonds. The molecular weight excluding hydrogens is 216 g/mol. The van der Waals surface area contributed by atoms with Crippen molar-refractivity contribution in [1.29, 1.82) is 0 Å². The Morgan fingerprint density at radius 2 is 2.12 bits per heavy atom. The zero-order valence-electron chi connectivity index (χ0n) is 11.1. The fourth-order valence-corrected chi connectivity index (χ4v) is 1.47. The van der Waals surface area contributed by atoms with Crippen LogP contribution in [0, 0.1) is 6.92 Å². The SMILES string of the molecule is CCNc1nc(C)cc(NC(C)COCC)n1. The lowest BCUT2D eigenvalue weighted by atomic mass is 10.3. The highest BCUT2D eigenvalue weighted by atomic mass is 16.5. The van der Waals surface area contributed by atoms with Crippen molar-refractivity contribution in [1.82, 2.24) is 9.97 Å². The van der Waals surface area contributed by atoms with Crippen molar-refractivity contribution in [2.75, 3.05) is 30.4 Å². The minimum atomic E-state index is 0.235. The zero-order valence-corrected chi connectivity index (χ0v) is 11.1. The van der Waals surface area contributed by atoms with E-state index in [1.54, 1.807) is 0 Å². The number of hydrogen-bond acceptors (Lipinski definition) is 5. The van der Waals surface area contributed by atoms with Crippen molar-refractivity contribution in [3.8, 4) is 0 Å². The number of hydrogen-bond donors (Lipinski definition) is 2. The molecule has 0 saturated heterocycles. The highest BCUT2D eigenvalue weighted by Gasteiger charge is 2.05. The van der Waals surface area contributed by atoms with Crippen LogP contribution >= 0.6 is 0 Å². The molecule has 0 bridgehead atoms. The van der Waals surface area contributed by atoms with Gasteiger partial charge in [0.05, 0.1) is 6.61 Å². The summed E-state index contributed by atoms with van der Waals surface area (Å²) in [6, 6.07) is 2.17. The fraction of sp³-hybridized carbons (Fsp3) is 0.667. The second-order valence-corrected chi connectivity index (χ2v) is 3.95. The van der Waals surface area contributed by atoms with Gasteiger partial charge < -0.3 is 15.4 Å². The van der Waals surface area contributed by atoms with Crippen LogP contribution in [0.2, 0.25) is 0 Å². The van der Waals surface area contributed by atoms with Crippen LogP contribution in [0.25, 0.3) is 0 Å². The predicted octanol–water partition coefficient (Wildman–Crippen LogP) is 2.05. The van der Waals surface area contributed by atoms with E-state index < -0.39 is 0 Å². The molecular formula is C12H22N4O. The van der Waals surface area contributed by atoms with Gasteiger partial charge in [0, 0.05) is 31.0 Å². The van der Waals surface area contributed by atoms with Crippen molar-refractivity contribution in [2.45, 2.75) is 33.7 Å². The summed E-state index contributed by atoms with van der Waals surface area (Å²) in [6.45, 7) is 10.3. The topological polar surface area (TPSA) is 59.1 Å². The average molecular weight is 238 g/mol. The number of aryl methyl sites for hydroxylation is 1. The van der Waals surface area contributed by atoms with Crippen LogP contribution in [0.4, 0.5) is 11.8 Å². The molecule has 2 N–H and O–H groups in total. The Balaban J connectivity index is 2.63. The summed E-state index contributed by atoms with van der Waals surface area (Å²) in [5, 5.41) is 6.41. The van der Waals surface area contributed by atoms with Crippen molar-refractivity contribution in [2.24, 2.45) is 0 Å². The molecule has 5 heteroatoms. The first-order valence-corrected chi connectivity index (χ1v) is 6.09. The Kier molecular flexibility index (Phi) is 5.69. The van der Waals surface area contributed by atoms with Crippen LogP contribution in [-0.2, 0) is 4.74 Å². The van der Waals surface area contributed by atoms with Gasteiger partial charge in [-0.2, -0.15) is 4.98 Å². The molecule has 0 aliphatic carbocycles. The molecule has 0 aromatic carbocycles. The molecule has 5 nitrogen and oxygen atoms in total. The second kappa shape index (κ2) is 7.06. The molecule has 0 radical (unpaired) electrons. The number of ether oxygens (including phenoxy) is 1. The quantitative estimate of drug-likeness (QED) is 0.761. The van der Waals surface area contributed by atoms with Gasteiger partial charge in [0.2, 0.25) is 5.95 Å². The normalized spacial score (nSPS) is 12.2. The minimum Gasteiger partial charge on any atom is -0.380 e. The van der Waals surface area contributed by atoms with Crippen molar-refractivity contribution >= 4 is 11.8 Å². The lowest BCUT2D eigenvalue weighted by Gasteiger charge is -2.15. The van der Waals surface area contributed by atoms with Gasteiger partial charge in [-0.25, -0.2) is 4.98 Å². The Labute approximate surface area is 103 Å². The van der Waals surface area contributed by atoms with Gasteiger partial charge in [-0.1, -0.05) is 0 Å². The largest absolute Gasteiger partial charge is 0.380 e. The number of rotatable bonds is 7. The minimum absolute atomic E-state index is 0.235. The number of nitrogens with zero attached hydrogens (tertiary/aromatic N) is 2. The highest BCUT2D eigenvalue weighted by molar-refractivity contribution is 5.42. The summed E-state index contributed by atoms with van der Waals surface area (Å²) in [6.07, 6.45) is 0. The van der Waals surface area contributed by atoms with Gasteiger partial charge in [0.25, 0.3) is 0 Å². The van der Waals surface area contributed by atoms with E-state index in [0.29, 0.717) is 12.6 Å². The third-order valence-electron chi connectivity index (χ3n) is 2.16. The molecule has 0 fully saturated rings. The molecule has 0 aliphatic rings. The Bertz CT molecular complexity index is 343. The molecule has 0 spiro atoms. The van der Waals surface area contributed by atoms with Gasteiger partial charge in [-0.3, -0.25) is 0 Å². The van der Waals surface area contributed by atoms with Gasteiger partial charge in [0.15, 0.2) is 0 Å². The van der Waals surface area contributed by atoms with E-state index in [1.807, 2.05) is 26.8 Å². The predicted molar refractivity (Wildman–Crippen MR) is 70.5 cm³/mol. The van der Waals surface area contributed by atoms with Crippen LogP contribution in [0.3, 0.4) is 0 Å². The van der Waals surface area contributed by atoms with Crippen LogP contribution < -0.4 is 10.6 Å². The molecule has 0 aliphatic heterocycles. The molecule has 1 atom stereocenters. The van der Waals surface area contributed by atoms with E-state index in [9.17, 15) is 0 Å². The summed E-state index contributed by atoms with van der Waals surface area (Å²) in [5.74, 6) is 1.50. The summed E-state index contributed by atoms with van der Waals surface area (Å²) in [7, 11) is 0. The van der Waals surface area contributed by atoms with E-state index in [-0.39, 0.29) is 6.04 Å². The maximum atomic E-state index is 5.35. The number of anilines is 2. The monoisotopic (exact) mass is 238 g/mol. The van der Waals surface area contributed by atoms with E-state index in [0.717, 1.165) is 24.7 Å². The lowest BCUT2D eigenvalue weighted by Crippen LogP contribution is -2.22. The number of nitrogens with one attached hydrogen (secondary N) is 2. The van der Waals surface area contributed by atoms with Crippen LogP contribution in [-0.4, -0.2) is 35.8 Å². The van der Waals surface area contributed by atoms with Gasteiger partial charge >= 0.3 is 0 Å². The Hall–Kier alpha value is -1.36. The first-order chi connectivity index (χ1) is 8.15. The third kappa shape index (κ3) is 4.99. The van der Waals surface area contributed by atoms with E-state index in [2.05, 4.69) is 27.5 Å². The van der Waals surface area contributed by atoms with E-state index in [1.165, 1.54) is 0 Å². The smallest absolute Gasteiger partial charge is 0.224 e. The Morgan fingerprint density at radius 1 is 1.35 bits per heavy atom. The Morgan fingerprint density at radius 3 is 2.76 bits per heavy atom. The second-order valence-electron chi connectivity index (χ2n) is 3.95. The lowest BCUT2D eigenvalue weighted by molar-refractivity contribution is 0.141. The third-order valence-corrected chi connectivity index (χ3v) is 2.16. The maximum absolute atomic E-state index is 5.35. The molecule has 1 aromatic rings. The van der Waals surface area contributed by atoms with Gasteiger partial charge in [0.1, 0.15) is 5.82 Å². The molecule has 1 heterocycles. The molecule has 1 aromatic heterocycles. The van der Waals surface area contributed by atoms with Crippen molar-refractivity contribution < 1.29 is 4.74 Å². The first-order valence-electron chi connectivity index (χ1n) is 6.09. The highest BCUT2D eigenvalue weighted by Crippen LogP contribution is 2.10. The summed E-state index contributed by atoms with van der Waals surface area (Å²) in [5.41, 5.74) is 0.946. The molecule has 17 heavy (non-hydrogen) atoms. The number of aromatic nitrogens is 2. The maximum Gasteiger partial charge on any atom is 0.224 e. The summed E-state index contributed by atoms with van der Waals surface area (Å²) in [4.78, 5) is 8.68.